The molecule has 6 nitrogen and oxygen atoms in total. The molecule has 2 amide bonds. The van der Waals surface area contributed by atoms with Crippen LogP contribution in [0.1, 0.15) is 19.4 Å². The van der Waals surface area contributed by atoms with Crippen molar-refractivity contribution in [1.82, 2.24) is 9.80 Å². The number of piperazine rings is 1. The quantitative estimate of drug-likeness (QED) is 0.829. The summed E-state index contributed by atoms with van der Waals surface area (Å²) in [7, 11) is 0. The van der Waals surface area contributed by atoms with Gasteiger partial charge in [-0.05, 0) is 48.4 Å². The van der Waals surface area contributed by atoms with Gasteiger partial charge in [0, 0.05) is 45.8 Å². The van der Waals surface area contributed by atoms with Crippen LogP contribution < -0.4 is 10.2 Å². The SMILES string of the molecule is CC1CN(c2ccccc2NC(=O)N2CCN(Cc3ccsc3)CC2)CC(C)O1. The molecule has 0 saturated carbocycles. The first kappa shape index (κ1) is 20.2. The lowest BCUT2D eigenvalue weighted by Crippen LogP contribution is -2.50. The molecule has 2 aliphatic heterocycles. The van der Waals surface area contributed by atoms with E-state index in [9.17, 15) is 4.79 Å². The number of amides is 2. The molecule has 4 rings (SSSR count). The van der Waals surface area contributed by atoms with Crippen LogP contribution in [0.3, 0.4) is 0 Å². The third-order valence-electron chi connectivity index (χ3n) is 5.55. The number of hydrogen-bond acceptors (Lipinski definition) is 5. The van der Waals surface area contributed by atoms with Gasteiger partial charge in [0.2, 0.25) is 0 Å². The molecule has 2 atom stereocenters. The van der Waals surface area contributed by atoms with Gasteiger partial charge in [-0.1, -0.05) is 12.1 Å². The summed E-state index contributed by atoms with van der Waals surface area (Å²) in [5.74, 6) is 0. The number of urea groups is 1. The van der Waals surface area contributed by atoms with Crippen LogP contribution in [-0.2, 0) is 11.3 Å². The smallest absolute Gasteiger partial charge is 0.321 e. The lowest BCUT2D eigenvalue weighted by Gasteiger charge is -2.38. The predicted octanol–water partition coefficient (Wildman–Crippen LogP) is 3.71. The molecule has 2 aromatic rings. The van der Waals surface area contributed by atoms with Crippen LogP contribution in [0.15, 0.2) is 41.1 Å². The number of nitrogens with one attached hydrogen (secondary N) is 1. The Morgan fingerprint density at radius 1 is 1.10 bits per heavy atom. The minimum Gasteiger partial charge on any atom is -0.372 e. The number of benzene rings is 1. The summed E-state index contributed by atoms with van der Waals surface area (Å²) in [6.07, 6.45) is 0.359. The van der Waals surface area contributed by atoms with Gasteiger partial charge in [-0.2, -0.15) is 11.3 Å². The second kappa shape index (κ2) is 9.15. The average Bonchev–Trinajstić information content (AvgIpc) is 3.21. The zero-order valence-corrected chi connectivity index (χ0v) is 18.0. The number of carbonyl (C=O) groups is 1. The van der Waals surface area contributed by atoms with Gasteiger partial charge < -0.3 is 19.9 Å². The molecule has 2 fully saturated rings. The lowest BCUT2D eigenvalue weighted by atomic mass is 10.1. The van der Waals surface area contributed by atoms with E-state index in [-0.39, 0.29) is 18.2 Å². The van der Waals surface area contributed by atoms with Crippen LogP contribution in [-0.4, -0.2) is 67.3 Å². The van der Waals surface area contributed by atoms with Crippen LogP contribution in [0.5, 0.6) is 0 Å². The molecule has 0 bridgehead atoms. The fraction of sp³-hybridized carbons (Fsp3) is 0.500. The standard InChI is InChI=1S/C22H30N4O2S/c1-17-13-26(14-18(2)28-17)21-6-4-3-5-20(21)23-22(27)25-10-8-24(9-11-25)15-19-7-12-29-16-19/h3-7,12,16-18H,8-11,13-15H2,1-2H3,(H,23,27). The van der Waals surface area contributed by atoms with Crippen molar-refractivity contribution in [2.75, 3.05) is 49.5 Å². The molecule has 1 aromatic heterocycles. The predicted molar refractivity (Wildman–Crippen MR) is 119 cm³/mol. The Hall–Kier alpha value is -2.09. The number of nitrogens with zero attached hydrogens (tertiary/aromatic N) is 3. The van der Waals surface area contributed by atoms with Crippen LogP contribution in [0.25, 0.3) is 0 Å². The Kier molecular flexibility index (Phi) is 6.37. The maximum absolute atomic E-state index is 12.9. The van der Waals surface area contributed by atoms with Crippen molar-refractivity contribution in [1.29, 1.82) is 0 Å². The monoisotopic (exact) mass is 414 g/mol. The van der Waals surface area contributed by atoms with Crippen LogP contribution >= 0.6 is 11.3 Å². The molecule has 1 aromatic carbocycles. The van der Waals surface area contributed by atoms with Crippen LogP contribution in [0.4, 0.5) is 16.2 Å². The summed E-state index contributed by atoms with van der Waals surface area (Å²) in [4.78, 5) is 19.6. The molecular weight excluding hydrogens is 384 g/mol. The van der Waals surface area contributed by atoms with Crippen LogP contribution in [0, 0.1) is 0 Å². The van der Waals surface area contributed by atoms with E-state index >= 15 is 0 Å². The zero-order valence-electron chi connectivity index (χ0n) is 17.2. The number of hydrogen-bond donors (Lipinski definition) is 1. The third kappa shape index (κ3) is 5.10. The first-order valence-electron chi connectivity index (χ1n) is 10.4. The first-order valence-corrected chi connectivity index (χ1v) is 11.3. The molecule has 0 aliphatic carbocycles. The fourth-order valence-corrected chi connectivity index (χ4v) is 4.83. The minimum atomic E-state index is -0.0120. The van der Waals surface area contributed by atoms with E-state index in [4.69, 9.17) is 4.74 Å². The Morgan fingerprint density at radius 2 is 1.83 bits per heavy atom. The third-order valence-corrected chi connectivity index (χ3v) is 6.28. The van der Waals surface area contributed by atoms with Gasteiger partial charge in [0.05, 0.1) is 23.6 Å². The fourth-order valence-electron chi connectivity index (χ4n) is 4.17. The highest BCUT2D eigenvalue weighted by Gasteiger charge is 2.26. The van der Waals surface area contributed by atoms with E-state index in [2.05, 4.69) is 51.9 Å². The van der Waals surface area contributed by atoms with Crippen LogP contribution in [0.2, 0.25) is 0 Å². The summed E-state index contributed by atoms with van der Waals surface area (Å²) in [6.45, 7) is 10.1. The second-order valence-corrected chi connectivity index (χ2v) is 8.78. The van der Waals surface area contributed by atoms with Crippen molar-refractivity contribution in [3.63, 3.8) is 0 Å². The van der Waals surface area contributed by atoms with Gasteiger partial charge in [-0.3, -0.25) is 4.90 Å². The Morgan fingerprint density at radius 3 is 2.52 bits per heavy atom. The van der Waals surface area contributed by atoms with E-state index in [1.54, 1.807) is 11.3 Å². The zero-order chi connectivity index (χ0) is 20.2. The van der Waals surface area contributed by atoms with Crippen molar-refractivity contribution >= 4 is 28.7 Å². The molecular formula is C22H30N4O2S. The Labute approximate surface area is 177 Å². The topological polar surface area (TPSA) is 48.1 Å². The van der Waals surface area contributed by atoms with Crippen molar-refractivity contribution in [3.05, 3.63) is 46.7 Å². The molecule has 2 unspecified atom stereocenters. The van der Waals surface area contributed by atoms with Gasteiger partial charge in [0.1, 0.15) is 0 Å². The molecule has 0 radical (unpaired) electrons. The van der Waals surface area contributed by atoms with E-state index in [1.165, 1.54) is 5.56 Å². The number of rotatable bonds is 4. The molecule has 2 aliphatic rings. The van der Waals surface area contributed by atoms with E-state index < -0.39 is 0 Å². The summed E-state index contributed by atoms with van der Waals surface area (Å²) < 4.78 is 5.86. The molecule has 3 heterocycles. The largest absolute Gasteiger partial charge is 0.372 e. The van der Waals surface area contributed by atoms with Crippen molar-refractivity contribution in [2.45, 2.75) is 32.6 Å². The molecule has 2 saturated heterocycles. The number of thiophene rings is 1. The summed E-state index contributed by atoms with van der Waals surface area (Å²) in [6, 6.07) is 10.2. The Bertz CT molecular complexity index is 795. The molecule has 1 N–H and O–H groups in total. The molecule has 29 heavy (non-hydrogen) atoms. The molecule has 0 spiro atoms. The molecule has 7 heteroatoms. The maximum atomic E-state index is 12.9. The number of para-hydroxylation sites is 2. The van der Waals surface area contributed by atoms with Gasteiger partial charge in [0.15, 0.2) is 0 Å². The summed E-state index contributed by atoms with van der Waals surface area (Å²) in [5.41, 5.74) is 3.30. The van der Waals surface area contributed by atoms with E-state index in [0.29, 0.717) is 0 Å². The normalized spacial score (nSPS) is 23.2. The number of anilines is 2. The number of morpholine rings is 1. The highest BCUT2D eigenvalue weighted by molar-refractivity contribution is 7.07. The van der Waals surface area contributed by atoms with Gasteiger partial charge in [-0.15, -0.1) is 0 Å². The highest BCUT2D eigenvalue weighted by Crippen LogP contribution is 2.29. The van der Waals surface area contributed by atoms with Gasteiger partial charge in [-0.25, -0.2) is 4.79 Å². The average molecular weight is 415 g/mol. The van der Waals surface area contributed by atoms with Crippen molar-refractivity contribution in [2.24, 2.45) is 0 Å². The highest BCUT2D eigenvalue weighted by atomic mass is 32.1. The summed E-state index contributed by atoms with van der Waals surface area (Å²) >= 11 is 1.74. The number of ether oxygens (including phenoxy) is 1. The van der Waals surface area contributed by atoms with Gasteiger partial charge in [0.25, 0.3) is 0 Å². The Balaban J connectivity index is 1.35. The van der Waals surface area contributed by atoms with Crippen molar-refractivity contribution < 1.29 is 9.53 Å². The summed E-state index contributed by atoms with van der Waals surface area (Å²) in [5, 5.41) is 7.47. The van der Waals surface area contributed by atoms with E-state index in [1.807, 2.05) is 23.1 Å². The second-order valence-electron chi connectivity index (χ2n) is 8.00. The minimum absolute atomic E-state index is 0.0120. The van der Waals surface area contributed by atoms with Crippen molar-refractivity contribution in [3.8, 4) is 0 Å². The lowest BCUT2D eigenvalue weighted by molar-refractivity contribution is -0.00517. The number of carbonyl (C=O) groups excluding carboxylic acids is 1. The van der Waals surface area contributed by atoms with E-state index in [0.717, 1.165) is 57.2 Å². The maximum Gasteiger partial charge on any atom is 0.321 e. The first-order chi connectivity index (χ1) is 14.1. The van der Waals surface area contributed by atoms with Gasteiger partial charge >= 0.3 is 6.03 Å². The molecule has 156 valence electrons.